The van der Waals surface area contributed by atoms with E-state index in [0.717, 1.165) is 28.3 Å². The first-order valence-corrected chi connectivity index (χ1v) is 8.26. The van der Waals surface area contributed by atoms with Crippen LogP contribution in [0.15, 0.2) is 40.8 Å². The summed E-state index contributed by atoms with van der Waals surface area (Å²) in [7, 11) is 1.59. The van der Waals surface area contributed by atoms with Gasteiger partial charge in [-0.2, -0.15) is 0 Å². The lowest BCUT2D eigenvalue weighted by molar-refractivity contribution is -0.120. The second kappa shape index (κ2) is 7.07. The maximum atomic E-state index is 11.8. The molecule has 2 aromatic heterocycles. The van der Waals surface area contributed by atoms with Crippen LogP contribution in [0, 0.1) is 13.8 Å². The number of benzene rings is 1. The smallest absolute Gasteiger partial charge is 0.227 e. The average molecular weight is 356 g/mol. The Balaban J connectivity index is 2.14. The van der Waals surface area contributed by atoms with Crippen LogP contribution in [-0.2, 0) is 11.2 Å². The van der Waals surface area contributed by atoms with E-state index >= 15 is 0 Å². The van der Waals surface area contributed by atoms with Crippen molar-refractivity contribution >= 4 is 17.5 Å². The molecule has 0 atom stereocenters. The summed E-state index contributed by atoms with van der Waals surface area (Å²) in [5.74, 6) is 1.89. The normalized spacial score (nSPS) is 10.7. The molecule has 1 amide bonds. The lowest BCUT2D eigenvalue weighted by Crippen LogP contribution is -2.21. The van der Waals surface area contributed by atoms with Crippen LogP contribution in [-0.4, -0.2) is 22.9 Å². The molecule has 5 nitrogen and oxygen atoms in total. The molecule has 1 aromatic carbocycles. The standard InChI is InChI=1S/C19H18ClN3O2/c1-11-7-15(12(2)25-11)17-9-16(13-5-4-6-14(20)8-13)22-18(23-17)10-19(24)21-3/h4-9H,10H2,1-3H3,(H,21,24). The van der Waals surface area contributed by atoms with Gasteiger partial charge in [0.2, 0.25) is 5.91 Å². The summed E-state index contributed by atoms with van der Waals surface area (Å²) < 4.78 is 5.61. The summed E-state index contributed by atoms with van der Waals surface area (Å²) in [6.45, 7) is 3.78. The molecule has 0 unspecified atom stereocenters. The first-order chi connectivity index (χ1) is 12.0. The van der Waals surface area contributed by atoms with Crippen molar-refractivity contribution in [2.24, 2.45) is 0 Å². The molecule has 0 saturated carbocycles. The van der Waals surface area contributed by atoms with E-state index < -0.39 is 0 Å². The maximum Gasteiger partial charge on any atom is 0.227 e. The van der Waals surface area contributed by atoms with Gasteiger partial charge in [-0.05, 0) is 38.1 Å². The number of rotatable bonds is 4. The number of nitrogens with one attached hydrogen (secondary N) is 1. The monoisotopic (exact) mass is 355 g/mol. The van der Waals surface area contributed by atoms with Crippen LogP contribution < -0.4 is 5.32 Å². The number of halogens is 1. The topological polar surface area (TPSA) is 68.0 Å². The minimum absolute atomic E-state index is 0.105. The molecule has 1 N–H and O–H groups in total. The molecule has 0 aliphatic heterocycles. The van der Waals surface area contributed by atoms with Gasteiger partial charge in [-0.25, -0.2) is 9.97 Å². The van der Waals surface area contributed by atoms with Gasteiger partial charge in [-0.15, -0.1) is 0 Å². The van der Waals surface area contributed by atoms with Crippen molar-refractivity contribution in [3.05, 3.63) is 58.8 Å². The third kappa shape index (κ3) is 3.88. The summed E-state index contributed by atoms with van der Waals surface area (Å²) in [6, 6.07) is 11.3. The van der Waals surface area contributed by atoms with Gasteiger partial charge in [0, 0.05) is 23.2 Å². The molecule has 0 fully saturated rings. The molecule has 0 spiro atoms. The van der Waals surface area contributed by atoms with Gasteiger partial charge in [0.15, 0.2) is 0 Å². The Kier molecular flexibility index (Phi) is 4.86. The van der Waals surface area contributed by atoms with E-state index in [9.17, 15) is 4.79 Å². The summed E-state index contributed by atoms with van der Waals surface area (Å²) >= 11 is 6.10. The van der Waals surface area contributed by atoms with Crippen molar-refractivity contribution in [3.8, 4) is 22.5 Å². The van der Waals surface area contributed by atoms with Crippen LogP contribution >= 0.6 is 11.6 Å². The second-order valence-corrected chi connectivity index (χ2v) is 6.18. The van der Waals surface area contributed by atoms with E-state index in [2.05, 4.69) is 15.3 Å². The molecule has 6 heteroatoms. The first kappa shape index (κ1) is 17.2. The first-order valence-electron chi connectivity index (χ1n) is 7.88. The predicted molar refractivity (Wildman–Crippen MR) is 97.4 cm³/mol. The van der Waals surface area contributed by atoms with Crippen LogP contribution in [0.25, 0.3) is 22.5 Å². The molecule has 3 rings (SSSR count). The summed E-state index contributed by atoms with van der Waals surface area (Å²) in [6.07, 6.45) is 0.105. The minimum Gasteiger partial charge on any atom is -0.466 e. The molecule has 3 aromatic rings. The Labute approximate surface area is 151 Å². The number of amides is 1. The molecule has 0 saturated heterocycles. The third-order valence-electron chi connectivity index (χ3n) is 3.81. The Hall–Kier alpha value is -2.66. The number of carbonyl (C=O) groups excluding carboxylic acids is 1. The van der Waals surface area contributed by atoms with Crippen LogP contribution in [0.2, 0.25) is 5.02 Å². The van der Waals surface area contributed by atoms with Crippen molar-refractivity contribution in [3.63, 3.8) is 0 Å². The number of nitrogens with zero attached hydrogens (tertiary/aromatic N) is 2. The number of hydrogen-bond donors (Lipinski definition) is 1. The van der Waals surface area contributed by atoms with Crippen molar-refractivity contribution in [2.45, 2.75) is 20.3 Å². The molecule has 2 heterocycles. The van der Waals surface area contributed by atoms with Gasteiger partial charge in [-0.1, -0.05) is 23.7 Å². The SMILES string of the molecule is CNC(=O)Cc1nc(-c2cccc(Cl)c2)cc(-c2cc(C)oc2C)n1. The largest absolute Gasteiger partial charge is 0.466 e. The van der Waals surface area contributed by atoms with Crippen molar-refractivity contribution in [1.29, 1.82) is 0 Å². The molecule has 0 bridgehead atoms. The van der Waals surface area contributed by atoms with Gasteiger partial charge in [-0.3, -0.25) is 4.79 Å². The maximum absolute atomic E-state index is 11.8. The quantitative estimate of drug-likeness (QED) is 0.769. The highest BCUT2D eigenvalue weighted by Gasteiger charge is 2.15. The number of likely N-dealkylation sites (N-methyl/N-ethyl adjacent to an activating group) is 1. The molecule has 0 aliphatic rings. The molecule has 0 aliphatic carbocycles. The third-order valence-corrected chi connectivity index (χ3v) is 4.04. The fraction of sp³-hybridized carbons (Fsp3) is 0.211. The highest BCUT2D eigenvalue weighted by Crippen LogP contribution is 2.29. The zero-order valence-corrected chi connectivity index (χ0v) is 15.0. The van der Waals surface area contributed by atoms with Crippen LogP contribution in [0.4, 0.5) is 0 Å². The Morgan fingerprint density at radius 3 is 2.56 bits per heavy atom. The van der Waals surface area contributed by atoms with Gasteiger partial charge in [0.1, 0.15) is 17.3 Å². The second-order valence-electron chi connectivity index (χ2n) is 5.74. The number of furan rings is 1. The van der Waals surface area contributed by atoms with Crippen LogP contribution in [0.3, 0.4) is 0 Å². The molecule has 128 valence electrons. The summed E-state index contributed by atoms with van der Waals surface area (Å²) in [5.41, 5.74) is 3.19. The lowest BCUT2D eigenvalue weighted by atomic mass is 10.1. The van der Waals surface area contributed by atoms with Crippen molar-refractivity contribution < 1.29 is 9.21 Å². The molecule has 25 heavy (non-hydrogen) atoms. The fourth-order valence-electron chi connectivity index (χ4n) is 2.63. The van der Waals surface area contributed by atoms with E-state index in [1.165, 1.54) is 0 Å². The molecule has 0 radical (unpaired) electrons. The van der Waals surface area contributed by atoms with Crippen LogP contribution in [0.1, 0.15) is 17.3 Å². The Morgan fingerprint density at radius 2 is 1.92 bits per heavy atom. The van der Waals surface area contributed by atoms with E-state index in [0.29, 0.717) is 16.5 Å². The number of aryl methyl sites for hydroxylation is 2. The van der Waals surface area contributed by atoms with E-state index in [4.69, 9.17) is 16.0 Å². The predicted octanol–water partition coefficient (Wildman–Crippen LogP) is 3.96. The summed E-state index contributed by atoms with van der Waals surface area (Å²) in [4.78, 5) is 20.9. The zero-order valence-electron chi connectivity index (χ0n) is 14.3. The van der Waals surface area contributed by atoms with Crippen molar-refractivity contribution in [1.82, 2.24) is 15.3 Å². The van der Waals surface area contributed by atoms with E-state index in [1.54, 1.807) is 7.05 Å². The lowest BCUT2D eigenvalue weighted by Gasteiger charge is -2.08. The fourth-order valence-corrected chi connectivity index (χ4v) is 2.82. The Morgan fingerprint density at radius 1 is 1.16 bits per heavy atom. The number of carbonyl (C=O) groups is 1. The number of hydrogen-bond acceptors (Lipinski definition) is 4. The highest BCUT2D eigenvalue weighted by molar-refractivity contribution is 6.30. The van der Waals surface area contributed by atoms with Gasteiger partial charge < -0.3 is 9.73 Å². The van der Waals surface area contributed by atoms with E-state index in [-0.39, 0.29) is 12.3 Å². The zero-order chi connectivity index (χ0) is 18.0. The van der Waals surface area contributed by atoms with Crippen molar-refractivity contribution in [2.75, 3.05) is 7.05 Å². The van der Waals surface area contributed by atoms with Crippen LogP contribution in [0.5, 0.6) is 0 Å². The summed E-state index contributed by atoms with van der Waals surface area (Å²) in [5, 5.41) is 3.22. The molecular formula is C19H18ClN3O2. The van der Waals surface area contributed by atoms with Gasteiger partial charge >= 0.3 is 0 Å². The molecular weight excluding hydrogens is 338 g/mol. The minimum atomic E-state index is -0.144. The highest BCUT2D eigenvalue weighted by atomic mass is 35.5. The number of aromatic nitrogens is 2. The Bertz CT molecular complexity index is 934. The van der Waals surface area contributed by atoms with E-state index in [1.807, 2.05) is 50.2 Å². The van der Waals surface area contributed by atoms with Gasteiger partial charge in [0.05, 0.1) is 17.8 Å². The van der Waals surface area contributed by atoms with Gasteiger partial charge in [0.25, 0.3) is 0 Å². The average Bonchev–Trinajstić information content (AvgIpc) is 2.93.